The van der Waals surface area contributed by atoms with Crippen LogP contribution in [0.25, 0.3) is 0 Å². The first-order chi connectivity index (χ1) is 6.85. The molecule has 15 heavy (non-hydrogen) atoms. The molecule has 1 unspecified atom stereocenters. The second-order valence-electron chi connectivity index (χ2n) is 2.93. The number of carbonyl (C=O) groups excluding carboxylic acids is 1. The summed E-state index contributed by atoms with van der Waals surface area (Å²) >= 11 is 0. The number of nitrogens with one attached hydrogen (secondary N) is 1. The number of rotatable bonds is 6. The first-order valence-corrected chi connectivity index (χ1v) is 4.32. The fourth-order valence-corrected chi connectivity index (χ4v) is 0.873. The summed E-state index contributed by atoms with van der Waals surface area (Å²) in [6, 6.07) is -0.986. The van der Waals surface area contributed by atoms with E-state index in [9.17, 15) is 22.4 Å². The highest BCUT2D eigenvalue weighted by molar-refractivity contribution is 5.75. The monoisotopic (exact) mass is 231 g/mol. The number of esters is 1. The van der Waals surface area contributed by atoms with Gasteiger partial charge in [0.05, 0.1) is 13.7 Å². The second-order valence-corrected chi connectivity index (χ2v) is 2.93. The number of carbonyl (C=O) groups is 1. The van der Waals surface area contributed by atoms with E-state index in [4.69, 9.17) is 0 Å². The summed E-state index contributed by atoms with van der Waals surface area (Å²) in [5.41, 5.74) is 0. The molecule has 90 valence electrons. The number of halogens is 4. The number of hydrogen-bond donors (Lipinski definition) is 1. The Morgan fingerprint density at radius 2 is 2.00 bits per heavy atom. The van der Waals surface area contributed by atoms with Crippen LogP contribution in [0.4, 0.5) is 17.6 Å². The van der Waals surface area contributed by atoms with Crippen LogP contribution in [0.3, 0.4) is 0 Å². The summed E-state index contributed by atoms with van der Waals surface area (Å²) in [6.45, 7) is 0.299. The molecular weight excluding hydrogens is 218 g/mol. The van der Waals surface area contributed by atoms with Crippen molar-refractivity contribution in [3.8, 4) is 0 Å². The zero-order chi connectivity index (χ0) is 12.1. The van der Waals surface area contributed by atoms with E-state index in [0.717, 1.165) is 7.11 Å². The van der Waals surface area contributed by atoms with E-state index < -0.39 is 30.9 Å². The summed E-state index contributed by atoms with van der Waals surface area (Å²) in [6.07, 6.45) is -3.56. The highest BCUT2D eigenvalue weighted by atomic mass is 19.3. The Bertz CT molecular complexity index is 211. The summed E-state index contributed by atoms with van der Waals surface area (Å²) in [7, 11) is 1.10. The first kappa shape index (κ1) is 14.2. The molecule has 1 N–H and O–H groups in total. The van der Waals surface area contributed by atoms with Crippen molar-refractivity contribution in [3.05, 3.63) is 0 Å². The lowest BCUT2D eigenvalue weighted by Crippen LogP contribution is -2.46. The van der Waals surface area contributed by atoms with Crippen molar-refractivity contribution in [2.24, 2.45) is 0 Å². The van der Waals surface area contributed by atoms with E-state index >= 15 is 0 Å². The van der Waals surface area contributed by atoms with Crippen LogP contribution in [0.1, 0.15) is 13.3 Å². The molecule has 7 heteroatoms. The van der Waals surface area contributed by atoms with Gasteiger partial charge in [-0.05, 0) is 6.42 Å². The van der Waals surface area contributed by atoms with E-state index in [2.05, 4.69) is 4.74 Å². The molecule has 0 aromatic rings. The highest BCUT2D eigenvalue weighted by Crippen LogP contribution is 2.21. The van der Waals surface area contributed by atoms with Crippen molar-refractivity contribution in [2.75, 3.05) is 13.7 Å². The highest BCUT2D eigenvalue weighted by Gasteiger charge is 2.41. The summed E-state index contributed by atoms with van der Waals surface area (Å²) < 4.78 is 52.7. The molecule has 1 atom stereocenters. The molecule has 0 rings (SSSR count). The van der Waals surface area contributed by atoms with E-state index in [1.54, 1.807) is 6.92 Å². The quantitative estimate of drug-likeness (QED) is 0.555. The van der Waals surface area contributed by atoms with Gasteiger partial charge in [-0.3, -0.25) is 10.1 Å². The molecule has 0 amide bonds. The third-order valence-electron chi connectivity index (χ3n) is 1.80. The molecule has 0 spiro atoms. The van der Waals surface area contributed by atoms with Crippen molar-refractivity contribution in [3.63, 3.8) is 0 Å². The van der Waals surface area contributed by atoms with Crippen LogP contribution in [0.2, 0.25) is 0 Å². The summed E-state index contributed by atoms with van der Waals surface area (Å²) in [5, 5.41) is 2.04. The van der Waals surface area contributed by atoms with Gasteiger partial charge in [-0.25, -0.2) is 8.78 Å². The van der Waals surface area contributed by atoms with Crippen LogP contribution >= 0.6 is 0 Å². The average molecular weight is 231 g/mol. The maximum atomic E-state index is 12.4. The molecule has 0 heterocycles. The maximum Gasteiger partial charge on any atom is 0.322 e. The van der Waals surface area contributed by atoms with Crippen LogP contribution in [-0.2, 0) is 9.53 Å². The Morgan fingerprint density at radius 1 is 1.47 bits per heavy atom. The fourth-order valence-electron chi connectivity index (χ4n) is 0.873. The molecule has 3 nitrogen and oxygen atoms in total. The van der Waals surface area contributed by atoms with Crippen LogP contribution in [0, 0.1) is 0 Å². The smallest absolute Gasteiger partial charge is 0.322 e. The third kappa shape index (κ3) is 4.46. The van der Waals surface area contributed by atoms with Crippen molar-refractivity contribution in [1.29, 1.82) is 0 Å². The predicted molar refractivity (Wildman–Crippen MR) is 45.0 cm³/mol. The minimum absolute atomic E-state index is 0.186. The molecule has 0 radical (unpaired) electrons. The molecule has 0 aromatic carbocycles. The van der Waals surface area contributed by atoms with Gasteiger partial charge >= 0.3 is 18.3 Å². The van der Waals surface area contributed by atoms with Crippen molar-refractivity contribution < 1.29 is 27.1 Å². The maximum absolute atomic E-state index is 12.4. The molecule has 0 aliphatic rings. The van der Waals surface area contributed by atoms with Gasteiger partial charge in [0.2, 0.25) is 0 Å². The molecule has 0 bridgehead atoms. The number of ether oxygens (including phenoxy) is 1. The predicted octanol–water partition coefficient (Wildman–Crippen LogP) is 1.43. The zero-order valence-corrected chi connectivity index (χ0v) is 8.40. The van der Waals surface area contributed by atoms with Gasteiger partial charge in [0.1, 0.15) is 6.04 Å². The van der Waals surface area contributed by atoms with E-state index in [1.807, 2.05) is 5.32 Å². The van der Waals surface area contributed by atoms with Crippen LogP contribution in [0.5, 0.6) is 0 Å². The summed E-state index contributed by atoms with van der Waals surface area (Å²) in [5.74, 6) is -4.89. The molecule has 0 aliphatic heterocycles. The van der Waals surface area contributed by atoms with Crippen LogP contribution < -0.4 is 5.32 Å². The molecule has 0 fully saturated rings. The van der Waals surface area contributed by atoms with Gasteiger partial charge in [-0.2, -0.15) is 8.78 Å². The van der Waals surface area contributed by atoms with Gasteiger partial charge in [0.15, 0.2) is 0 Å². The van der Waals surface area contributed by atoms with Gasteiger partial charge in [-0.1, -0.05) is 6.92 Å². The third-order valence-corrected chi connectivity index (χ3v) is 1.80. The zero-order valence-electron chi connectivity index (χ0n) is 8.40. The Balaban J connectivity index is 4.17. The minimum atomic E-state index is -4.14. The first-order valence-electron chi connectivity index (χ1n) is 4.32. The lowest BCUT2D eigenvalue weighted by molar-refractivity contribution is -0.146. The van der Waals surface area contributed by atoms with Crippen molar-refractivity contribution in [1.82, 2.24) is 5.32 Å². The second kappa shape index (κ2) is 5.89. The molecule has 0 aromatic heterocycles. The molecule has 0 saturated heterocycles. The molecular formula is C8H13F4NO2. The SMILES string of the molecule is CCC(NCC(F)(F)C(F)F)C(=O)OC. The Kier molecular flexibility index (Phi) is 5.56. The molecule has 0 saturated carbocycles. The van der Waals surface area contributed by atoms with Gasteiger partial charge in [-0.15, -0.1) is 0 Å². The van der Waals surface area contributed by atoms with Crippen molar-refractivity contribution >= 4 is 5.97 Å². The van der Waals surface area contributed by atoms with Gasteiger partial charge in [0, 0.05) is 0 Å². The Labute approximate surface area is 84.8 Å². The normalized spacial score (nSPS) is 14.1. The van der Waals surface area contributed by atoms with Gasteiger partial charge < -0.3 is 4.74 Å². The number of hydrogen-bond acceptors (Lipinski definition) is 3. The van der Waals surface area contributed by atoms with Crippen LogP contribution in [0.15, 0.2) is 0 Å². The summed E-state index contributed by atoms with van der Waals surface area (Å²) in [4.78, 5) is 10.9. The largest absolute Gasteiger partial charge is 0.468 e. The Hall–Kier alpha value is -0.850. The lowest BCUT2D eigenvalue weighted by Gasteiger charge is -2.19. The Morgan fingerprint density at radius 3 is 2.33 bits per heavy atom. The van der Waals surface area contributed by atoms with Gasteiger partial charge in [0.25, 0.3) is 0 Å². The lowest BCUT2D eigenvalue weighted by atomic mass is 10.2. The number of methoxy groups -OCH3 is 1. The minimum Gasteiger partial charge on any atom is -0.468 e. The topological polar surface area (TPSA) is 38.3 Å². The van der Waals surface area contributed by atoms with E-state index in [-0.39, 0.29) is 6.42 Å². The van der Waals surface area contributed by atoms with E-state index in [1.165, 1.54) is 0 Å². The van der Waals surface area contributed by atoms with Crippen molar-refractivity contribution in [2.45, 2.75) is 31.7 Å². The van der Waals surface area contributed by atoms with E-state index in [0.29, 0.717) is 0 Å². The average Bonchev–Trinajstić information content (AvgIpc) is 2.17. The number of alkyl halides is 4. The molecule has 0 aliphatic carbocycles. The fraction of sp³-hybridized carbons (Fsp3) is 0.875. The standard InChI is InChI=1S/C8H13F4NO2/c1-3-5(6(14)15-2)13-4-8(11,12)7(9)10/h5,7,13H,3-4H2,1-2H3. The van der Waals surface area contributed by atoms with Crippen LogP contribution in [-0.4, -0.2) is 38.0 Å².